The lowest BCUT2D eigenvalue weighted by Crippen LogP contribution is -2.27. The van der Waals surface area contributed by atoms with Gasteiger partial charge in [-0.25, -0.2) is 13.1 Å². The van der Waals surface area contributed by atoms with Gasteiger partial charge in [-0.05, 0) is 24.0 Å². The lowest BCUT2D eigenvalue weighted by atomic mass is 9.93. The minimum Gasteiger partial charge on any atom is -0.393 e. The van der Waals surface area contributed by atoms with Crippen molar-refractivity contribution in [3.05, 3.63) is 28.3 Å². The van der Waals surface area contributed by atoms with Crippen LogP contribution in [0.25, 0.3) is 0 Å². The van der Waals surface area contributed by atoms with Crippen LogP contribution in [0.4, 0.5) is 11.4 Å². The zero-order valence-corrected chi connectivity index (χ0v) is 12.5. The summed E-state index contributed by atoms with van der Waals surface area (Å²) in [6, 6.07) is 3.36. The molecule has 0 fully saturated rings. The van der Waals surface area contributed by atoms with Crippen molar-refractivity contribution in [3.8, 4) is 0 Å². The second-order valence-electron chi connectivity index (χ2n) is 5.69. The van der Waals surface area contributed by atoms with E-state index >= 15 is 0 Å². The van der Waals surface area contributed by atoms with Crippen LogP contribution in [0.5, 0.6) is 0 Å². The molecule has 1 rings (SSSR count). The van der Waals surface area contributed by atoms with E-state index in [4.69, 9.17) is 5.73 Å². The van der Waals surface area contributed by atoms with E-state index in [0.717, 1.165) is 12.1 Å². The van der Waals surface area contributed by atoms with E-state index in [1.807, 2.05) is 20.8 Å². The van der Waals surface area contributed by atoms with Crippen LogP contribution in [0, 0.1) is 15.5 Å². The molecule has 0 saturated heterocycles. The van der Waals surface area contributed by atoms with Gasteiger partial charge in [0, 0.05) is 12.6 Å². The number of nitro groups is 1. The summed E-state index contributed by atoms with van der Waals surface area (Å²) >= 11 is 0. The number of hydrogen-bond acceptors (Lipinski definition) is 5. The third-order valence-electron chi connectivity index (χ3n) is 2.67. The Bertz CT molecular complexity index is 606. The number of benzene rings is 1. The summed E-state index contributed by atoms with van der Waals surface area (Å²) in [6.07, 6.45) is 0.675. The van der Waals surface area contributed by atoms with E-state index in [1.165, 1.54) is 6.07 Å². The third kappa shape index (κ3) is 4.46. The number of nitro benzene ring substituents is 1. The highest BCUT2D eigenvalue weighted by Crippen LogP contribution is 2.24. The van der Waals surface area contributed by atoms with Gasteiger partial charge in [0.1, 0.15) is 5.69 Å². The summed E-state index contributed by atoms with van der Waals surface area (Å²) in [7, 11) is -3.70. The predicted molar refractivity (Wildman–Crippen MR) is 76.8 cm³/mol. The SMILES string of the molecule is CC(C)(C)CCNS(=O)(=O)c1ccc([N+](=O)[O-])c(N)c1. The molecule has 8 heteroatoms. The van der Waals surface area contributed by atoms with Gasteiger partial charge in [-0.1, -0.05) is 20.8 Å². The van der Waals surface area contributed by atoms with Crippen LogP contribution < -0.4 is 10.5 Å². The highest BCUT2D eigenvalue weighted by molar-refractivity contribution is 7.89. The number of rotatable bonds is 5. The fourth-order valence-electron chi connectivity index (χ4n) is 1.51. The Morgan fingerprint density at radius 1 is 1.35 bits per heavy atom. The molecule has 0 aliphatic carbocycles. The Hall–Kier alpha value is -1.67. The number of anilines is 1. The number of sulfonamides is 1. The largest absolute Gasteiger partial charge is 0.393 e. The molecule has 0 bridgehead atoms. The fraction of sp³-hybridized carbons (Fsp3) is 0.500. The molecule has 7 nitrogen and oxygen atoms in total. The first kappa shape index (κ1) is 16.4. The summed E-state index contributed by atoms with van der Waals surface area (Å²) in [5, 5.41) is 10.6. The van der Waals surface area contributed by atoms with Gasteiger partial charge in [-0.15, -0.1) is 0 Å². The van der Waals surface area contributed by atoms with Crippen molar-refractivity contribution in [2.24, 2.45) is 5.41 Å². The van der Waals surface area contributed by atoms with Gasteiger partial charge in [0.25, 0.3) is 5.69 Å². The second-order valence-corrected chi connectivity index (χ2v) is 7.45. The molecule has 0 aliphatic heterocycles. The van der Waals surface area contributed by atoms with Gasteiger partial charge in [0.15, 0.2) is 0 Å². The molecule has 1 aromatic carbocycles. The topological polar surface area (TPSA) is 115 Å². The Balaban J connectivity index is 2.88. The summed E-state index contributed by atoms with van der Waals surface area (Å²) in [4.78, 5) is 9.90. The van der Waals surface area contributed by atoms with Gasteiger partial charge < -0.3 is 5.73 Å². The molecule has 0 aromatic heterocycles. The minimum atomic E-state index is -3.70. The molecule has 0 heterocycles. The monoisotopic (exact) mass is 301 g/mol. The van der Waals surface area contributed by atoms with Crippen molar-refractivity contribution < 1.29 is 13.3 Å². The Morgan fingerprint density at radius 2 is 1.95 bits per heavy atom. The van der Waals surface area contributed by atoms with Crippen molar-refractivity contribution in [2.45, 2.75) is 32.1 Å². The molecule has 0 spiro atoms. The molecular formula is C12H19N3O4S. The van der Waals surface area contributed by atoms with Crippen molar-refractivity contribution >= 4 is 21.4 Å². The zero-order valence-electron chi connectivity index (χ0n) is 11.7. The molecule has 1 aromatic rings. The molecule has 3 N–H and O–H groups in total. The van der Waals surface area contributed by atoms with E-state index in [2.05, 4.69) is 4.72 Å². The van der Waals surface area contributed by atoms with Crippen molar-refractivity contribution in [2.75, 3.05) is 12.3 Å². The van der Waals surface area contributed by atoms with E-state index in [0.29, 0.717) is 13.0 Å². The van der Waals surface area contributed by atoms with E-state index in [9.17, 15) is 18.5 Å². The lowest BCUT2D eigenvalue weighted by molar-refractivity contribution is -0.383. The molecule has 0 saturated carbocycles. The maximum absolute atomic E-state index is 12.0. The fourth-order valence-corrected chi connectivity index (χ4v) is 2.58. The van der Waals surface area contributed by atoms with Gasteiger partial charge in [-0.3, -0.25) is 10.1 Å². The average molecular weight is 301 g/mol. The van der Waals surface area contributed by atoms with Crippen LogP contribution in [0.15, 0.2) is 23.1 Å². The lowest BCUT2D eigenvalue weighted by Gasteiger charge is -2.18. The maximum atomic E-state index is 12.0. The number of hydrogen-bond donors (Lipinski definition) is 2. The first-order valence-corrected chi connectivity index (χ1v) is 7.55. The number of nitrogen functional groups attached to an aromatic ring is 1. The Labute approximate surface area is 118 Å². The van der Waals surface area contributed by atoms with E-state index < -0.39 is 14.9 Å². The van der Waals surface area contributed by atoms with Crippen molar-refractivity contribution in [1.29, 1.82) is 0 Å². The molecule has 0 aliphatic rings. The molecule has 0 amide bonds. The molecule has 0 atom stereocenters. The van der Waals surface area contributed by atoms with Gasteiger partial charge in [0.05, 0.1) is 9.82 Å². The quantitative estimate of drug-likeness (QED) is 0.489. The van der Waals surface area contributed by atoms with Crippen molar-refractivity contribution in [1.82, 2.24) is 4.72 Å². The summed E-state index contributed by atoms with van der Waals surface area (Å²) in [5.41, 5.74) is 5.01. The van der Waals surface area contributed by atoms with Crippen LogP contribution in [0.2, 0.25) is 0 Å². The molecule has 0 unspecified atom stereocenters. The first-order chi connectivity index (χ1) is 9.03. The molecule has 112 valence electrons. The Morgan fingerprint density at radius 3 is 2.40 bits per heavy atom. The van der Waals surface area contributed by atoms with Gasteiger partial charge in [-0.2, -0.15) is 0 Å². The maximum Gasteiger partial charge on any atom is 0.292 e. The van der Waals surface area contributed by atoms with Crippen LogP contribution in [0.3, 0.4) is 0 Å². The standard InChI is InChI=1S/C12H19N3O4S/c1-12(2,3)6-7-14-20(18,19)9-4-5-11(15(16)17)10(13)8-9/h4-5,8,14H,6-7,13H2,1-3H3. The molecule has 0 radical (unpaired) electrons. The minimum absolute atomic E-state index is 0.0109. The van der Waals surface area contributed by atoms with E-state index in [1.54, 1.807) is 0 Å². The van der Waals surface area contributed by atoms with Crippen LogP contribution in [0.1, 0.15) is 27.2 Å². The first-order valence-electron chi connectivity index (χ1n) is 6.06. The van der Waals surface area contributed by atoms with Gasteiger partial charge in [0.2, 0.25) is 10.0 Å². The van der Waals surface area contributed by atoms with Crippen LogP contribution in [-0.2, 0) is 10.0 Å². The summed E-state index contributed by atoms with van der Waals surface area (Å²) in [6.45, 7) is 6.31. The van der Waals surface area contributed by atoms with Crippen LogP contribution in [-0.4, -0.2) is 19.9 Å². The molecule has 20 heavy (non-hydrogen) atoms. The van der Waals surface area contributed by atoms with Crippen molar-refractivity contribution in [3.63, 3.8) is 0 Å². The number of nitrogens with two attached hydrogens (primary N) is 1. The average Bonchev–Trinajstić information content (AvgIpc) is 2.26. The van der Waals surface area contributed by atoms with E-state index in [-0.39, 0.29) is 21.7 Å². The number of nitrogens with one attached hydrogen (secondary N) is 1. The third-order valence-corrected chi connectivity index (χ3v) is 4.13. The molecular weight excluding hydrogens is 282 g/mol. The van der Waals surface area contributed by atoms with Crippen LogP contribution >= 0.6 is 0 Å². The summed E-state index contributed by atoms with van der Waals surface area (Å²) < 4.78 is 26.5. The predicted octanol–water partition coefficient (Wildman–Crippen LogP) is 1.89. The highest BCUT2D eigenvalue weighted by Gasteiger charge is 2.19. The smallest absolute Gasteiger partial charge is 0.292 e. The second kappa shape index (κ2) is 5.76. The zero-order chi connectivity index (χ0) is 15.6. The number of nitrogens with zero attached hydrogens (tertiary/aromatic N) is 1. The van der Waals surface area contributed by atoms with Gasteiger partial charge >= 0.3 is 0 Å². The highest BCUT2D eigenvalue weighted by atomic mass is 32.2. The Kier molecular flexibility index (Phi) is 4.72. The summed E-state index contributed by atoms with van der Waals surface area (Å²) in [5.74, 6) is 0. The normalized spacial score (nSPS) is 12.3.